The zero-order valence-corrected chi connectivity index (χ0v) is 13.7. The van der Waals surface area contributed by atoms with Gasteiger partial charge in [0.1, 0.15) is 34.9 Å². The van der Waals surface area contributed by atoms with Crippen LogP contribution in [0.2, 0.25) is 0 Å². The summed E-state index contributed by atoms with van der Waals surface area (Å²) in [7, 11) is 0. The van der Waals surface area contributed by atoms with Crippen molar-refractivity contribution in [2.75, 3.05) is 0 Å². The third kappa shape index (κ3) is 3.18. The third-order valence-electron chi connectivity index (χ3n) is 3.87. The lowest BCUT2D eigenvalue weighted by Gasteiger charge is -2.18. The second kappa shape index (κ2) is 6.95. The van der Waals surface area contributed by atoms with Crippen LogP contribution >= 0.6 is 0 Å². The molecule has 0 saturated heterocycles. The monoisotopic (exact) mass is 366 g/mol. The van der Waals surface area contributed by atoms with Crippen molar-refractivity contribution >= 4 is 27.4 Å². The van der Waals surface area contributed by atoms with Crippen LogP contribution in [0, 0.1) is 34.9 Å². The molecule has 0 radical (unpaired) electrons. The van der Waals surface area contributed by atoms with Crippen LogP contribution in [-0.4, -0.2) is 14.1 Å². The van der Waals surface area contributed by atoms with Gasteiger partial charge in [-0.25, -0.2) is 26.3 Å². The molecular weight excluding hydrogens is 357 g/mol. The average Bonchev–Trinajstić information content (AvgIpc) is 2.53. The fourth-order valence-electron chi connectivity index (χ4n) is 2.79. The lowest BCUT2D eigenvalue weighted by atomic mass is 10.3. The Morgan fingerprint density at radius 3 is 0.800 bits per heavy atom. The molecule has 0 nitrogen and oxygen atoms in total. The molecule has 0 fully saturated rings. The fraction of sp³-hybridized carbons (Fsp3) is 0. The smallest absolute Gasteiger partial charge is 0.208 e. The highest BCUT2D eigenvalue weighted by molar-refractivity contribution is 6.95. The average molecular weight is 366 g/mol. The lowest BCUT2D eigenvalue weighted by Crippen LogP contribution is -2.58. The highest BCUT2D eigenvalue weighted by atomic mass is 27.2. The van der Waals surface area contributed by atoms with Crippen LogP contribution in [0.15, 0.2) is 54.6 Å². The quantitative estimate of drug-likeness (QED) is 0.494. The van der Waals surface area contributed by atoms with Gasteiger partial charge in [-0.2, -0.15) is 0 Å². The van der Waals surface area contributed by atoms with E-state index >= 15 is 0 Å². The molecule has 0 aliphatic carbocycles. The van der Waals surface area contributed by atoms with E-state index in [0.29, 0.717) is 0 Å². The molecule has 0 amide bonds. The molecule has 3 aromatic carbocycles. The molecule has 3 aromatic rings. The summed E-state index contributed by atoms with van der Waals surface area (Å²) in [6, 6.07) is 8.50. The zero-order chi connectivity index (χ0) is 18.1. The van der Waals surface area contributed by atoms with Gasteiger partial charge in [-0.3, -0.25) is 0 Å². The summed E-state index contributed by atoms with van der Waals surface area (Å²) in [4.78, 5) is 0. The van der Waals surface area contributed by atoms with Gasteiger partial charge in [0.15, 0.2) is 0 Å². The Kier molecular flexibility index (Phi) is 4.89. The SMILES string of the molecule is Fc1cccc(F)[c]1[Al]([c]1c(F)cccc1F)[c]1c(F)cccc1F. The normalized spacial score (nSPS) is 10.8. The van der Waals surface area contributed by atoms with E-state index in [-0.39, 0.29) is 0 Å². The standard InChI is InChI=1S/3C6H3F2.Al/c3*7-5-2-1-3-6(8)4-5;/h3*1-3H;. The van der Waals surface area contributed by atoms with Crippen LogP contribution in [0.1, 0.15) is 0 Å². The minimum atomic E-state index is -3.79. The van der Waals surface area contributed by atoms with Crippen molar-refractivity contribution in [1.29, 1.82) is 0 Å². The summed E-state index contributed by atoms with van der Waals surface area (Å²) in [5, 5.41) is 0. The molecule has 0 aliphatic heterocycles. The Morgan fingerprint density at radius 2 is 0.600 bits per heavy atom. The van der Waals surface area contributed by atoms with E-state index in [1.165, 1.54) is 0 Å². The highest BCUT2D eigenvalue weighted by Gasteiger charge is 2.39. The minimum Gasteiger partial charge on any atom is -0.208 e. The number of rotatable bonds is 3. The van der Waals surface area contributed by atoms with E-state index in [1.54, 1.807) is 0 Å². The predicted molar refractivity (Wildman–Crippen MR) is 83.7 cm³/mol. The van der Waals surface area contributed by atoms with E-state index in [0.717, 1.165) is 54.6 Å². The molecule has 3 rings (SSSR count). The van der Waals surface area contributed by atoms with Crippen LogP contribution < -0.4 is 13.3 Å². The van der Waals surface area contributed by atoms with Crippen LogP contribution in [-0.2, 0) is 0 Å². The maximum atomic E-state index is 14.3. The number of hydrogen-bond acceptors (Lipinski definition) is 0. The molecule has 0 aliphatic rings. The lowest BCUT2D eigenvalue weighted by molar-refractivity contribution is 0.588. The van der Waals surface area contributed by atoms with Crippen molar-refractivity contribution in [2.24, 2.45) is 0 Å². The van der Waals surface area contributed by atoms with Crippen LogP contribution in [0.5, 0.6) is 0 Å². The summed E-state index contributed by atoms with van der Waals surface area (Å²) < 4.78 is 83.7. The second-order valence-corrected chi connectivity index (χ2v) is 7.94. The molecule has 126 valence electrons. The summed E-state index contributed by atoms with van der Waals surface area (Å²) in [6.45, 7) is 0. The van der Waals surface area contributed by atoms with E-state index in [2.05, 4.69) is 0 Å². The Labute approximate surface area is 143 Å². The van der Waals surface area contributed by atoms with Crippen molar-refractivity contribution in [1.82, 2.24) is 0 Å². The Morgan fingerprint density at radius 1 is 0.400 bits per heavy atom. The van der Waals surface area contributed by atoms with Gasteiger partial charge in [-0.05, 0) is 49.7 Å². The van der Waals surface area contributed by atoms with E-state index in [4.69, 9.17) is 0 Å². The summed E-state index contributed by atoms with van der Waals surface area (Å²) in [5.74, 6) is -6.66. The molecule has 0 aromatic heterocycles. The molecular formula is C18H9AlF6. The molecule has 0 N–H and O–H groups in total. The Bertz CT molecular complexity index is 758. The van der Waals surface area contributed by atoms with Gasteiger partial charge in [0, 0.05) is 0 Å². The molecule has 0 unspecified atom stereocenters. The number of benzene rings is 3. The summed E-state index contributed by atoms with van der Waals surface area (Å²) >= 11 is -3.79. The number of halogens is 6. The molecule has 25 heavy (non-hydrogen) atoms. The van der Waals surface area contributed by atoms with Gasteiger partial charge in [-0.15, -0.1) is 0 Å². The van der Waals surface area contributed by atoms with Gasteiger partial charge >= 0.3 is 14.1 Å². The van der Waals surface area contributed by atoms with Crippen molar-refractivity contribution < 1.29 is 26.3 Å². The van der Waals surface area contributed by atoms with Crippen LogP contribution in [0.3, 0.4) is 0 Å². The van der Waals surface area contributed by atoms with E-state index in [1.807, 2.05) is 0 Å². The van der Waals surface area contributed by atoms with Crippen molar-refractivity contribution in [2.45, 2.75) is 0 Å². The summed E-state index contributed by atoms with van der Waals surface area (Å²) in [5.41, 5.74) is 0. The van der Waals surface area contributed by atoms with Gasteiger partial charge in [-0.1, -0.05) is 18.2 Å². The van der Waals surface area contributed by atoms with Gasteiger partial charge in [0.05, 0.1) is 0 Å². The third-order valence-corrected chi connectivity index (χ3v) is 7.25. The van der Waals surface area contributed by atoms with Crippen LogP contribution in [0.4, 0.5) is 26.3 Å². The fourth-order valence-corrected chi connectivity index (χ4v) is 5.89. The molecule has 0 atom stereocenters. The Hall–Kier alpha value is -2.23. The predicted octanol–water partition coefficient (Wildman–Crippen LogP) is 3.04. The number of hydrogen-bond donors (Lipinski definition) is 0. The maximum absolute atomic E-state index is 14.3. The molecule has 0 saturated carbocycles. The van der Waals surface area contributed by atoms with Gasteiger partial charge < -0.3 is 0 Å². The summed E-state index contributed by atoms with van der Waals surface area (Å²) in [6.07, 6.45) is 0. The first-order valence-corrected chi connectivity index (χ1v) is 8.96. The first-order valence-electron chi connectivity index (χ1n) is 7.23. The molecule has 0 bridgehead atoms. The van der Waals surface area contributed by atoms with Crippen molar-refractivity contribution in [3.05, 3.63) is 89.5 Å². The van der Waals surface area contributed by atoms with Gasteiger partial charge in [0.2, 0.25) is 0 Å². The Balaban J connectivity index is 2.42. The van der Waals surface area contributed by atoms with E-state index in [9.17, 15) is 26.3 Å². The van der Waals surface area contributed by atoms with Crippen LogP contribution in [0.25, 0.3) is 0 Å². The topological polar surface area (TPSA) is 0 Å². The molecule has 7 heteroatoms. The minimum absolute atomic E-state index is 0.699. The highest BCUT2D eigenvalue weighted by Crippen LogP contribution is 2.10. The zero-order valence-electron chi connectivity index (χ0n) is 12.5. The largest absolute Gasteiger partial charge is 0.411 e. The first-order chi connectivity index (χ1) is 11.9. The molecule has 0 heterocycles. The second-order valence-electron chi connectivity index (χ2n) is 5.34. The van der Waals surface area contributed by atoms with Crippen molar-refractivity contribution in [3.63, 3.8) is 0 Å². The van der Waals surface area contributed by atoms with Crippen molar-refractivity contribution in [3.8, 4) is 0 Å². The first kappa shape index (κ1) is 17.6. The van der Waals surface area contributed by atoms with Gasteiger partial charge in [0.25, 0.3) is 0 Å². The molecule has 0 spiro atoms. The van der Waals surface area contributed by atoms with E-state index < -0.39 is 62.3 Å². The maximum Gasteiger partial charge on any atom is 0.411 e.